The Morgan fingerprint density at radius 1 is 1.00 bits per heavy atom. The van der Waals surface area contributed by atoms with E-state index in [-0.39, 0.29) is 5.97 Å². The van der Waals surface area contributed by atoms with Gasteiger partial charge in [-0.05, 0) is 55.5 Å². The minimum Gasteiger partial charge on any atom is -0.462 e. The standard InChI is InChI=1S/C15H15N3O2/c1-2-20-15(19)11-3-7-13(8-4-11)17-18-14-9-5-12(16)6-10-14/h3-10H,2,16H2,1H3. The van der Waals surface area contributed by atoms with Crippen LogP contribution in [0.15, 0.2) is 58.8 Å². The van der Waals surface area contributed by atoms with Crippen LogP contribution in [0.5, 0.6) is 0 Å². The van der Waals surface area contributed by atoms with Crippen LogP contribution in [0.2, 0.25) is 0 Å². The van der Waals surface area contributed by atoms with E-state index in [0.717, 1.165) is 0 Å². The summed E-state index contributed by atoms with van der Waals surface area (Å²) in [6.07, 6.45) is 0. The number of benzene rings is 2. The van der Waals surface area contributed by atoms with E-state index in [9.17, 15) is 4.79 Å². The summed E-state index contributed by atoms with van der Waals surface area (Å²) >= 11 is 0. The molecule has 2 rings (SSSR count). The Hall–Kier alpha value is -2.69. The lowest BCUT2D eigenvalue weighted by molar-refractivity contribution is 0.0526. The topological polar surface area (TPSA) is 77.0 Å². The van der Waals surface area contributed by atoms with E-state index in [0.29, 0.717) is 29.2 Å². The van der Waals surface area contributed by atoms with Crippen LogP contribution in [-0.4, -0.2) is 12.6 Å². The minimum atomic E-state index is -0.338. The first-order valence-corrected chi connectivity index (χ1v) is 6.23. The molecule has 102 valence electrons. The molecular formula is C15H15N3O2. The zero-order chi connectivity index (χ0) is 14.4. The van der Waals surface area contributed by atoms with Crippen LogP contribution in [0.3, 0.4) is 0 Å². The maximum absolute atomic E-state index is 11.5. The summed E-state index contributed by atoms with van der Waals surface area (Å²) in [7, 11) is 0. The van der Waals surface area contributed by atoms with Gasteiger partial charge in [-0.25, -0.2) is 4.79 Å². The average Bonchev–Trinajstić information content (AvgIpc) is 2.47. The molecule has 0 saturated carbocycles. The van der Waals surface area contributed by atoms with Crippen molar-refractivity contribution in [2.24, 2.45) is 10.2 Å². The van der Waals surface area contributed by atoms with E-state index in [1.165, 1.54) is 0 Å². The normalized spacial score (nSPS) is 10.7. The third kappa shape index (κ3) is 3.65. The second kappa shape index (κ2) is 6.47. The second-order valence-corrected chi connectivity index (χ2v) is 4.06. The van der Waals surface area contributed by atoms with Gasteiger partial charge in [0.1, 0.15) is 0 Å². The van der Waals surface area contributed by atoms with Crippen LogP contribution in [0.4, 0.5) is 17.1 Å². The Labute approximate surface area is 117 Å². The van der Waals surface area contributed by atoms with Crippen LogP contribution < -0.4 is 5.73 Å². The number of carbonyl (C=O) groups excluding carboxylic acids is 1. The molecule has 0 aromatic heterocycles. The fraction of sp³-hybridized carbons (Fsp3) is 0.133. The molecule has 5 nitrogen and oxygen atoms in total. The summed E-state index contributed by atoms with van der Waals surface area (Å²) < 4.78 is 4.90. The Kier molecular flexibility index (Phi) is 4.44. The molecule has 0 radical (unpaired) electrons. The molecule has 2 N–H and O–H groups in total. The maximum atomic E-state index is 11.5. The van der Waals surface area contributed by atoms with Gasteiger partial charge < -0.3 is 10.5 Å². The van der Waals surface area contributed by atoms with Gasteiger partial charge in [0, 0.05) is 5.69 Å². The largest absolute Gasteiger partial charge is 0.462 e. The number of anilines is 1. The number of nitrogens with zero attached hydrogens (tertiary/aromatic N) is 2. The Bertz CT molecular complexity index is 604. The molecule has 0 atom stereocenters. The molecule has 0 aliphatic carbocycles. The van der Waals surface area contributed by atoms with E-state index in [1.54, 1.807) is 55.5 Å². The van der Waals surface area contributed by atoms with Crippen LogP contribution in [-0.2, 0) is 4.74 Å². The van der Waals surface area contributed by atoms with Crippen molar-refractivity contribution in [3.05, 3.63) is 54.1 Å². The third-order valence-corrected chi connectivity index (χ3v) is 2.55. The first-order valence-electron chi connectivity index (χ1n) is 6.23. The highest BCUT2D eigenvalue weighted by atomic mass is 16.5. The van der Waals surface area contributed by atoms with E-state index < -0.39 is 0 Å². The van der Waals surface area contributed by atoms with Gasteiger partial charge in [-0.15, -0.1) is 0 Å². The quantitative estimate of drug-likeness (QED) is 0.520. The molecule has 0 spiro atoms. The molecule has 0 aliphatic rings. The summed E-state index contributed by atoms with van der Waals surface area (Å²) in [6, 6.07) is 13.8. The number of azo groups is 1. The molecule has 0 amide bonds. The first kappa shape index (κ1) is 13.7. The zero-order valence-corrected chi connectivity index (χ0v) is 11.1. The van der Waals surface area contributed by atoms with Crippen molar-refractivity contribution >= 4 is 23.0 Å². The molecular weight excluding hydrogens is 254 g/mol. The number of ether oxygens (including phenoxy) is 1. The van der Waals surface area contributed by atoms with E-state index in [4.69, 9.17) is 10.5 Å². The van der Waals surface area contributed by atoms with Crippen molar-refractivity contribution in [1.82, 2.24) is 0 Å². The average molecular weight is 269 g/mol. The molecule has 0 aliphatic heterocycles. The molecule has 2 aromatic rings. The number of nitrogen functional groups attached to an aromatic ring is 1. The number of hydrogen-bond donors (Lipinski definition) is 1. The van der Waals surface area contributed by atoms with E-state index in [1.807, 2.05) is 0 Å². The van der Waals surface area contributed by atoms with Crippen molar-refractivity contribution in [3.8, 4) is 0 Å². The van der Waals surface area contributed by atoms with Crippen molar-refractivity contribution in [2.45, 2.75) is 6.92 Å². The maximum Gasteiger partial charge on any atom is 0.338 e. The van der Waals surface area contributed by atoms with Gasteiger partial charge >= 0.3 is 5.97 Å². The lowest BCUT2D eigenvalue weighted by atomic mass is 10.2. The monoisotopic (exact) mass is 269 g/mol. The highest BCUT2D eigenvalue weighted by molar-refractivity contribution is 5.89. The molecule has 0 heterocycles. The number of rotatable bonds is 4. The predicted octanol–water partition coefficient (Wildman–Crippen LogP) is 3.86. The highest BCUT2D eigenvalue weighted by Crippen LogP contribution is 2.19. The van der Waals surface area contributed by atoms with Gasteiger partial charge in [0.05, 0.1) is 23.5 Å². The van der Waals surface area contributed by atoms with Gasteiger partial charge in [-0.1, -0.05) is 0 Å². The molecule has 0 fully saturated rings. The number of carbonyl (C=O) groups is 1. The molecule has 0 unspecified atom stereocenters. The van der Waals surface area contributed by atoms with Gasteiger partial charge in [0.15, 0.2) is 0 Å². The van der Waals surface area contributed by atoms with Crippen molar-refractivity contribution < 1.29 is 9.53 Å². The summed E-state index contributed by atoms with van der Waals surface area (Å²) in [5, 5.41) is 8.17. The Morgan fingerprint density at radius 2 is 1.50 bits per heavy atom. The second-order valence-electron chi connectivity index (χ2n) is 4.06. The van der Waals surface area contributed by atoms with Crippen LogP contribution in [0, 0.1) is 0 Å². The van der Waals surface area contributed by atoms with Gasteiger partial charge in [-0.2, -0.15) is 10.2 Å². The SMILES string of the molecule is CCOC(=O)c1ccc(N=Nc2ccc(N)cc2)cc1. The number of hydrogen-bond acceptors (Lipinski definition) is 5. The Balaban J connectivity index is 2.07. The van der Waals surface area contributed by atoms with Gasteiger partial charge in [-0.3, -0.25) is 0 Å². The molecule has 20 heavy (non-hydrogen) atoms. The first-order chi connectivity index (χ1) is 9.69. The summed E-state index contributed by atoms with van der Waals surface area (Å²) in [6.45, 7) is 2.13. The number of esters is 1. The van der Waals surface area contributed by atoms with Crippen molar-refractivity contribution in [1.29, 1.82) is 0 Å². The smallest absolute Gasteiger partial charge is 0.338 e. The summed E-state index contributed by atoms with van der Waals surface area (Å²) in [4.78, 5) is 11.5. The highest BCUT2D eigenvalue weighted by Gasteiger charge is 2.04. The molecule has 0 bridgehead atoms. The predicted molar refractivity (Wildman–Crippen MR) is 77.4 cm³/mol. The van der Waals surface area contributed by atoms with Crippen molar-refractivity contribution in [3.63, 3.8) is 0 Å². The third-order valence-electron chi connectivity index (χ3n) is 2.55. The van der Waals surface area contributed by atoms with Gasteiger partial charge in [0.25, 0.3) is 0 Å². The fourth-order valence-electron chi connectivity index (χ4n) is 1.54. The lowest BCUT2D eigenvalue weighted by Gasteiger charge is -2.01. The summed E-state index contributed by atoms with van der Waals surface area (Å²) in [5.41, 5.74) is 8.15. The number of nitrogens with two attached hydrogens (primary N) is 1. The summed E-state index contributed by atoms with van der Waals surface area (Å²) in [5.74, 6) is -0.338. The van der Waals surface area contributed by atoms with Gasteiger partial charge in [0.2, 0.25) is 0 Å². The van der Waals surface area contributed by atoms with Crippen molar-refractivity contribution in [2.75, 3.05) is 12.3 Å². The fourth-order valence-corrected chi connectivity index (χ4v) is 1.54. The molecule has 0 saturated heterocycles. The van der Waals surface area contributed by atoms with Crippen LogP contribution in [0.25, 0.3) is 0 Å². The molecule has 5 heteroatoms. The van der Waals surface area contributed by atoms with Crippen LogP contribution in [0.1, 0.15) is 17.3 Å². The molecule has 2 aromatic carbocycles. The van der Waals surface area contributed by atoms with E-state index in [2.05, 4.69) is 10.2 Å². The lowest BCUT2D eigenvalue weighted by Crippen LogP contribution is -2.03. The minimum absolute atomic E-state index is 0.338. The van der Waals surface area contributed by atoms with Crippen LogP contribution >= 0.6 is 0 Å². The zero-order valence-electron chi connectivity index (χ0n) is 11.1. The van der Waals surface area contributed by atoms with E-state index >= 15 is 0 Å². The Morgan fingerprint density at radius 3 is 2.00 bits per heavy atom.